The monoisotopic (exact) mass is 439 g/mol. The Bertz CT molecular complexity index is 1030. The summed E-state index contributed by atoms with van der Waals surface area (Å²) in [6, 6.07) is 15.5. The minimum Gasteiger partial charge on any atom is -0.497 e. The second-order valence-corrected chi connectivity index (χ2v) is 7.84. The van der Waals surface area contributed by atoms with Gasteiger partial charge in [0.1, 0.15) is 5.75 Å². The number of piperazine rings is 1. The minimum atomic E-state index is 0.00579. The lowest BCUT2D eigenvalue weighted by atomic mass is 10.2. The van der Waals surface area contributed by atoms with Crippen LogP contribution in [0.4, 0.5) is 5.95 Å². The molecule has 31 heavy (non-hydrogen) atoms. The molecule has 1 saturated heterocycles. The Labute approximate surface area is 187 Å². The molecule has 1 aromatic heterocycles. The van der Waals surface area contributed by atoms with Crippen LogP contribution in [0.1, 0.15) is 5.56 Å². The molecule has 7 nitrogen and oxygen atoms in total. The topological polar surface area (TPSA) is 62.6 Å². The molecule has 1 fully saturated rings. The van der Waals surface area contributed by atoms with Gasteiger partial charge in [0.2, 0.25) is 11.9 Å². The number of ether oxygens (including phenoxy) is 1. The van der Waals surface area contributed by atoms with Gasteiger partial charge in [-0.2, -0.15) is 0 Å². The van der Waals surface area contributed by atoms with Crippen LogP contribution < -0.4 is 15.0 Å². The molecule has 0 aliphatic carbocycles. The average Bonchev–Trinajstić information content (AvgIpc) is 3.29. The van der Waals surface area contributed by atoms with Gasteiger partial charge < -0.3 is 15.0 Å². The molecule has 1 amide bonds. The van der Waals surface area contributed by atoms with E-state index in [1.807, 2.05) is 60.9 Å². The standard InChI is InChI=1S/C23H26ClN5O2/c1-31-20-7-4-6-19(15-20)29-10-9-25-23(29)28-13-11-27(12-14-28)17-22(30)26-16-18-5-2-3-8-21(18)24/h2-10,15H,11-14,16-17H2,1H3,(H,26,30). The Morgan fingerprint density at radius 1 is 1.13 bits per heavy atom. The number of halogens is 1. The fraction of sp³-hybridized carbons (Fsp3) is 0.304. The summed E-state index contributed by atoms with van der Waals surface area (Å²) in [6.45, 7) is 4.02. The first-order valence-electron chi connectivity index (χ1n) is 10.3. The molecule has 162 valence electrons. The molecule has 0 atom stereocenters. The van der Waals surface area contributed by atoms with Crippen molar-refractivity contribution in [1.29, 1.82) is 0 Å². The molecule has 4 rings (SSSR count). The lowest BCUT2D eigenvalue weighted by Gasteiger charge is -2.35. The van der Waals surface area contributed by atoms with Crippen molar-refractivity contribution < 1.29 is 9.53 Å². The lowest BCUT2D eigenvalue weighted by Crippen LogP contribution is -2.50. The van der Waals surface area contributed by atoms with Crippen molar-refractivity contribution in [3.8, 4) is 11.4 Å². The van der Waals surface area contributed by atoms with Gasteiger partial charge in [-0.3, -0.25) is 14.3 Å². The Morgan fingerprint density at radius 2 is 1.94 bits per heavy atom. The van der Waals surface area contributed by atoms with Gasteiger partial charge in [-0.05, 0) is 23.8 Å². The first-order valence-corrected chi connectivity index (χ1v) is 10.7. The van der Waals surface area contributed by atoms with Crippen molar-refractivity contribution in [2.24, 2.45) is 0 Å². The fourth-order valence-corrected chi connectivity index (χ4v) is 3.89. The van der Waals surface area contributed by atoms with Crippen molar-refractivity contribution >= 4 is 23.5 Å². The van der Waals surface area contributed by atoms with Crippen LogP contribution in [0, 0.1) is 0 Å². The number of nitrogens with one attached hydrogen (secondary N) is 1. The fourth-order valence-electron chi connectivity index (χ4n) is 3.69. The zero-order valence-electron chi connectivity index (χ0n) is 17.5. The van der Waals surface area contributed by atoms with E-state index in [1.165, 1.54) is 0 Å². The van der Waals surface area contributed by atoms with E-state index < -0.39 is 0 Å². The molecule has 3 aromatic rings. The molecule has 1 N–H and O–H groups in total. The van der Waals surface area contributed by atoms with Gasteiger partial charge >= 0.3 is 0 Å². The van der Waals surface area contributed by atoms with Crippen LogP contribution >= 0.6 is 11.6 Å². The molecule has 2 aromatic carbocycles. The van der Waals surface area contributed by atoms with Crippen LogP contribution in [-0.4, -0.2) is 60.2 Å². The third-order valence-electron chi connectivity index (χ3n) is 5.41. The lowest BCUT2D eigenvalue weighted by molar-refractivity contribution is -0.122. The summed E-state index contributed by atoms with van der Waals surface area (Å²) in [5.41, 5.74) is 1.93. The molecule has 0 radical (unpaired) electrons. The van der Waals surface area contributed by atoms with Crippen LogP contribution in [0.25, 0.3) is 5.69 Å². The Balaban J connectivity index is 1.31. The van der Waals surface area contributed by atoms with Crippen molar-refractivity contribution in [2.45, 2.75) is 6.54 Å². The van der Waals surface area contributed by atoms with Crippen LogP contribution in [0.2, 0.25) is 5.02 Å². The molecular formula is C23H26ClN5O2. The second kappa shape index (κ2) is 9.85. The maximum absolute atomic E-state index is 12.4. The number of carbonyl (C=O) groups is 1. The van der Waals surface area contributed by atoms with Gasteiger partial charge in [0.15, 0.2) is 0 Å². The first kappa shape index (κ1) is 21.2. The van der Waals surface area contributed by atoms with Crippen LogP contribution in [0.5, 0.6) is 5.75 Å². The maximum atomic E-state index is 12.4. The predicted octanol–water partition coefficient (Wildman–Crippen LogP) is 2.97. The summed E-state index contributed by atoms with van der Waals surface area (Å²) in [4.78, 5) is 21.3. The molecule has 0 unspecified atom stereocenters. The molecule has 0 bridgehead atoms. The molecule has 2 heterocycles. The molecule has 1 aliphatic heterocycles. The van der Waals surface area contributed by atoms with E-state index in [-0.39, 0.29) is 5.91 Å². The van der Waals surface area contributed by atoms with Crippen molar-refractivity contribution in [3.63, 3.8) is 0 Å². The number of carbonyl (C=O) groups excluding carboxylic acids is 1. The number of hydrogen-bond donors (Lipinski definition) is 1. The first-order chi connectivity index (χ1) is 15.1. The Hall–Kier alpha value is -3.03. The van der Waals surface area contributed by atoms with Crippen LogP contribution in [0.15, 0.2) is 60.9 Å². The predicted molar refractivity (Wildman–Crippen MR) is 122 cm³/mol. The second-order valence-electron chi connectivity index (χ2n) is 7.43. The molecule has 1 aliphatic rings. The summed E-state index contributed by atoms with van der Waals surface area (Å²) < 4.78 is 7.41. The minimum absolute atomic E-state index is 0.00579. The zero-order valence-corrected chi connectivity index (χ0v) is 18.3. The van der Waals surface area contributed by atoms with E-state index in [2.05, 4.69) is 24.7 Å². The van der Waals surface area contributed by atoms with E-state index >= 15 is 0 Å². The Kier molecular flexibility index (Phi) is 6.74. The Morgan fingerprint density at radius 3 is 2.71 bits per heavy atom. The number of imidazole rings is 1. The number of rotatable bonds is 7. The van der Waals surface area contributed by atoms with Crippen LogP contribution in [-0.2, 0) is 11.3 Å². The highest BCUT2D eigenvalue weighted by molar-refractivity contribution is 6.31. The summed E-state index contributed by atoms with van der Waals surface area (Å²) in [5, 5.41) is 3.63. The van der Waals surface area contributed by atoms with Gasteiger partial charge in [-0.25, -0.2) is 4.98 Å². The molecule has 8 heteroatoms. The van der Waals surface area contributed by atoms with Crippen molar-refractivity contribution in [1.82, 2.24) is 19.8 Å². The van der Waals surface area contributed by atoms with Gasteiger partial charge in [0, 0.05) is 56.2 Å². The number of anilines is 1. The highest BCUT2D eigenvalue weighted by Crippen LogP contribution is 2.22. The smallest absolute Gasteiger partial charge is 0.234 e. The maximum Gasteiger partial charge on any atom is 0.234 e. The number of amides is 1. The number of benzene rings is 2. The number of nitrogens with zero attached hydrogens (tertiary/aromatic N) is 4. The quantitative estimate of drug-likeness (QED) is 0.613. The number of methoxy groups -OCH3 is 1. The van der Waals surface area contributed by atoms with Gasteiger partial charge in [-0.1, -0.05) is 35.9 Å². The van der Waals surface area contributed by atoms with E-state index in [4.69, 9.17) is 16.3 Å². The zero-order chi connectivity index (χ0) is 21.6. The summed E-state index contributed by atoms with van der Waals surface area (Å²) in [7, 11) is 1.66. The van der Waals surface area contributed by atoms with Gasteiger partial charge in [-0.15, -0.1) is 0 Å². The highest BCUT2D eigenvalue weighted by atomic mass is 35.5. The third-order valence-corrected chi connectivity index (χ3v) is 5.78. The van der Waals surface area contributed by atoms with Gasteiger partial charge in [0.05, 0.1) is 19.3 Å². The van der Waals surface area contributed by atoms with E-state index in [9.17, 15) is 4.79 Å². The van der Waals surface area contributed by atoms with Gasteiger partial charge in [0.25, 0.3) is 0 Å². The van der Waals surface area contributed by atoms with E-state index in [0.29, 0.717) is 18.1 Å². The largest absolute Gasteiger partial charge is 0.497 e. The summed E-state index contributed by atoms with van der Waals surface area (Å²) in [6.07, 6.45) is 3.77. The SMILES string of the molecule is COc1cccc(-n2ccnc2N2CCN(CC(=O)NCc3ccccc3Cl)CC2)c1. The average molecular weight is 440 g/mol. The molecular weight excluding hydrogens is 414 g/mol. The van der Waals surface area contributed by atoms with Crippen molar-refractivity contribution in [2.75, 3.05) is 44.7 Å². The number of hydrogen-bond acceptors (Lipinski definition) is 5. The molecule has 0 saturated carbocycles. The molecule has 0 spiro atoms. The highest BCUT2D eigenvalue weighted by Gasteiger charge is 2.22. The van der Waals surface area contributed by atoms with Crippen LogP contribution in [0.3, 0.4) is 0 Å². The summed E-state index contributed by atoms with van der Waals surface area (Å²) in [5.74, 6) is 1.71. The normalized spacial score (nSPS) is 14.5. The third kappa shape index (κ3) is 5.18. The summed E-state index contributed by atoms with van der Waals surface area (Å²) >= 11 is 6.16. The van der Waals surface area contributed by atoms with Crippen molar-refractivity contribution in [3.05, 3.63) is 71.5 Å². The van der Waals surface area contributed by atoms with E-state index in [0.717, 1.165) is 49.1 Å². The van der Waals surface area contributed by atoms with E-state index in [1.54, 1.807) is 7.11 Å². The number of aromatic nitrogens is 2.